The van der Waals surface area contributed by atoms with E-state index in [1.807, 2.05) is 60.9 Å². The van der Waals surface area contributed by atoms with Gasteiger partial charge in [-0.25, -0.2) is 9.97 Å². The third kappa shape index (κ3) is 3.42. The second-order valence-electron chi connectivity index (χ2n) is 7.05. The second-order valence-corrected chi connectivity index (χ2v) is 7.05. The van der Waals surface area contributed by atoms with Crippen LogP contribution < -0.4 is 4.74 Å². The molecule has 0 saturated heterocycles. The summed E-state index contributed by atoms with van der Waals surface area (Å²) in [5.74, 6) is 1.65. The van der Waals surface area contributed by atoms with E-state index < -0.39 is 0 Å². The lowest BCUT2D eigenvalue weighted by Crippen LogP contribution is -2.03. The van der Waals surface area contributed by atoms with Gasteiger partial charge in [0.25, 0.3) is 0 Å². The number of pyridine rings is 2. The van der Waals surface area contributed by atoms with Crippen LogP contribution in [0.4, 0.5) is 0 Å². The lowest BCUT2D eigenvalue weighted by Gasteiger charge is -2.11. The SMILES string of the molecule is COc1cccc(-c2nc3ncc(-c4ccccc4)cc3n2Cc2cccnc2)c1. The van der Waals surface area contributed by atoms with Gasteiger partial charge in [-0.15, -0.1) is 0 Å². The van der Waals surface area contributed by atoms with Crippen molar-refractivity contribution in [3.8, 4) is 28.3 Å². The molecule has 0 spiro atoms. The van der Waals surface area contributed by atoms with E-state index in [0.29, 0.717) is 6.54 Å². The summed E-state index contributed by atoms with van der Waals surface area (Å²) in [7, 11) is 1.67. The van der Waals surface area contributed by atoms with Gasteiger partial charge >= 0.3 is 0 Å². The fraction of sp³-hybridized carbons (Fsp3) is 0.0800. The smallest absolute Gasteiger partial charge is 0.178 e. The lowest BCUT2D eigenvalue weighted by atomic mass is 10.1. The van der Waals surface area contributed by atoms with Crippen LogP contribution in [0.3, 0.4) is 0 Å². The van der Waals surface area contributed by atoms with Crippen LogP contribution in [0, 0.1) is 0 Å². The highest BCUT2D eigenvalue weighted by Crippen LogP contribution is 2.30. The van der Waals surface area contributed by atoms with Crippen LogP contribution in [-0.2, 0) is 6.54 Å². The van der Waals surface area contributed by atoms with E-state index in [2.05, 4.69) is 38.8 Å². The maximum atomic E-state index is 5.42. The summed E-state index contributed by atoms with van der Waals surface area (Å²) in [6.07, 6.45) is 5.55. The number of nitrogens with zero attached hydrogens (tertiary/aromatic N) is 4. The third-order valence-corrected chi connectivity index (χ3v) is 5.10. The van der Waals surface area contributed by atoms with Gasteiger partial charge in [0.1, 0.15) is 11.6 Å². The van der Waals surface area contributed by atoms with E-state index in [-0.39, 0.29) is 0 Å². The summed E-state index contributed by atoms with van der Waals surface area (Å²) >= 11 is 0. The molecule has 0 N–H and O–H groups in total. The van der Waals surface area contributed by atoms with Gasteiger partial charge < -0.3 is 9.30 Å². The molecule has 5 rings (SSSR count). The molecule has 0 aliphatic heterocycles. The fourth-order valence-corrected chi connectivity index (χ4v) is 3.61. The molecule has 0 amide bonds. The zero-order chi connectivity index (χ0) is 20.3. The van der Waals surface area contributed by atoms with Crippen molar-refractivity contribution in [2.24, 2.45) is 0 Å². The number of fused-ring (bicyclic) bond motifs is 1. The van der Waals surface area contributed by atoms with Crippen molar-refractivity contribution in [3.05, 3.63) is 97.0 Å². The van der Waals surface area contributed by atoms with Crippen LogP contribution in [0.1, 0.15) is 5.56 Å². The van der Waals surface area contributed by atoms with Crippen molar-refractivity contribution in [2.75, 3.05) is 7.11 Å². The Morgan fingerprint density at radius 1 is 0.833 bits per heavy atom. The van der Waals surface area contributed by atoms with Gasteiger partial charge in [-0.2, -0.15) is 0 Å². The molecule has 5 heteroatoms. The summed E-state index contributed by atoms with van der Waals surface area (Å²) in [6.45, 7) is 0.650. The van der Waals surface area contributed by atoms with Crippen molar-refractivity contribution in [3.63, 3.8) is 0 Å². The molecule has 0 bridgehead atoms. The minimum atomic E-state index is 0.650. The number of methoxy groups -OCH3 is 1. The number of imidazole rings is 1. The highest BCUT2D eigenvalue weighted by atomic mass is 16.5. The van der Waals surface area contributed by atoms with E-state index >= 15 is 0 Å². The number of benzene rings is 2. The van der Waals surface area contributed by atoms with Gasteiger partial charge in [0.2, 0.25) is 0 Å². The molecule has 0 saturated carbocycles. The van der Waals surface area contributed by atoms with Crippen molar-refractivity contribution < 1.29 is 4.74 Å². The lowest BCUT2D eigenvalue weighted by molar-refractivity contribution is 0.415. The van der Waals surface area contributed by atoms with Gasteiger partial charge in [0, 0.05) is 29.7 Å². The van der Waals surface area contributed by atoms with Gasteiger partial charge in [0.05, 0.1) is 19.2 Å². The molecule has 3 aromatic heterocycles. The predicted octanol–water partition coefficient (Wildman–Crippen LogP) is 5.22. The molecule has 5 aromatic rings. The molecule has 30 heavy (non-hydrogen) atoms. The molecular formula is C25H20N4O. The first-order chi connectivity index (χ1) is 14.8. The Bertz CT molecular complexity index is 1300. The maximum Gasteiger partial charge on any atom is 0.178 e. The molecule has 0 radical (unpaired) electrons. The zero-order valence-corrected chi connectivity index (χ0v) is 16.6. The Morgan fingerprint density at radius 2 is 1.70 bits per heavy atom. The van der Waals surface area contributed by atoms with Crippen LogP contribution in [0.5, 0.6) is 5.75 Å². The molecule has 5 nitrogen and oxygen atoms in total. The standard InChI is InChI=1S/C25H20N4O/c1-30-22-11-5-10-20(13-22)25-28-24-23(29(25)17-18-7-6-12-26-15-18)14-21(16-27-24)19-8-3-2-4-9-19/h2-16H,17H2,1H3. The van der Waals surface area contributed by atoms with Crippen LogP contribution in [0.15, 0.2) is 91.4 Å². The molecule has 3 heterocycles. The number of hydrogen-bond donors (Lipinski definition) is 0. The van der Waals surface area contributed by atoms with Gasteiger partial charge in [-0.05, 0) is 35.4 Å². The normalized spacial score (nSPS) is 11.0. The van der Waals surface area contributed by atoms with Crippen molar-refractivity contribution in [1.82, 2.24) is 19.5 Å². The van der Waals surface area contributed by atoms with E-state index in [1.54, 1.807) is 13.3 Å². The highest BCUT2D eigenvalue weighted by Gasteiger charge is 2.16. The predicted molar refractivity (Wildman–Crippen MR) is 118 cm³/mol. The van der Waals surface area contributed by atoms with E-state index in [1.165, 1.54) is 0 Å². The Balaban J connectivity index is 1.71. The number of ether oxygens (including phenoxy) is 1. The van der Waals surface area contributed by atoms with E-state index in [9.17, 15) is 0 Å². The van der Waals surface area contributed by atoms with Crippen molar-refractivity contribution in [1.29, 1.82) is 0 Å². The van der Waals surface area contributed by atoms with Gasteiger partial charge in [-0.3, -0.25) is 4.98 Å². The molecule has 2 aromatic carbocycles. The monoisotopic (exact) mass is 392 g/mol. The summed E-state index contributed by atoms with van der Waals surface area (Å²) in [5.41, 5.74) is 5.98. The first kappa shape index (κ1) is 18.1. The number of hydrogen-bond acceptors (Lipinski definition) is 4. The van der Waals surface area contributed by atoms with Crippen LogP contribution >= 0.6 is 0 Å². The molecule has 0 atom stereocenters. The molecule has 0 aliphatic rings. The van der Waals surface area contributed by atoms with Crippen molar-refractivity contribution in [2.45, 2.75) is 6.54 Å². The molecule has 0 unspecified atom stereocenters. The summed E-state index contributed by atoms with van der Waals surface area (Å²) < 4.78 is 7.62. The summed E-state index contributed by atoms with van der Waals surface area (Å²) in [4.78, 5) is 13.8. The average Bonchev–Trinajstić information content (AvgIpc) is 3.18. The first-order valence-corrected chi connectivity index (χ1v) is 9.77. The van der Waals surface area contributed by atoms with E-state index in [4.69, 9.17) is 9.72 Å². The maximum absolute atomic E-state index is 5.42. The minimum Gasteiger partial charge on any atom is -0.497 e. The van der Waals surface area contributed by atoms with E-state index in [0.717, 1.165) is 45.0 Å². The van der Waals surface area contributed by atoms with Crippen LogP contribution in [0.2, 0.25) is 0 Å². The van der Waals surface area contributed by atoms with Gasteiger partial charge in [-0.1, -0.05) is 48.5 Å². The summed E-state index contributed by atoms with van der Waals surface area (Å²) in [5, 5.41) is 0. The number of aromatic nitrogens is 4. The molecule has 146 valence electrons. The highest BCUT2D eigenvalue weighted by molar-refractivity contribution is 5.82. The quantitative estimate of drug-likeness (QED) is 0.412. The Kier molecular flexibility index (Phi) is 4.69. The average molecular weight is 392 g/mol. The second kappa shape index (κ2) is 7.79. The molecular weight excluding hydrogens is 372 g/mol. The summed E-state index contributed by atoms with van der Waals surface area (Å²) in [6, 6.07) is 24.4. The molecule has 0 fully saturated rings. The van der Waals surface area contributed by atoms with Gasteiger partial charge in [0.15, 0.2) is 5.65 Å². The minimum absolute atomic E-state index is 0.650. The molecule has 0 aliphatic carbocycles. The largest absolute Gasteiger partial charge is 0.497 e. The Labute approximate surface area is 174 Å². The van der Waals surface area contributed by atoms with Crippen molar-refractivity contribution >= 4 is 11.2 Å². The van der Waals surface area contributed by atoms with Crippen LogP contribution in [0.25, 0.3) is 33.7 Å². The number of rotatable bonds is 5. The topological polar surface area (TPSA) is 52.8 Å². The fourth-order valence-electron chi connectivity index (χ4n) is 3.61. The zero-order valence-electron chi connectivity index (χ0n) is 16.6. The van der Waals surface area contributed by atoms with Crippen LogP contribution in [-0.4, -0.2) is 26.6 Å². The Morgan fingerprint density at radius 3 is 2.50 bits per heavy atom. The Hall–Kier alpha value is -3.99. The third-order valence-electron chi connectivity index (χ3n) is 5.10. The first-order valence-electron chi connectivity index (χ1n) is 9.77.